The summed E-state index contributed by atoms with van der Waals surface area (Å²) in [6.45, 7) is 3.85. The van der Waals surface area contributed by atoms with Crippen LogP contribution in [0, 0.1) is 11.8 Å². The van der Waals surface area contributed by atoms with Crippen LogP contribution >= 0.6 is 0 Å². The van der Waals surface area contributed by atoms with E-state index in [1.165, 1.54) is 9.80 Å². The molecule has 3 N–H and O–H groups in total. The van der Waals surface area contributed by atoms with Crippen LogP contribution in [0.15, 0.2) is 54.6 Å². The minimum atomic E-state index is -1.13. The van der Waals surface area contributed by atoms with Gasteiger partial charge in [-0.25, -0.2) is 0 Å². The smallest absolute Gasteiger partial charge is 0.289 e. The van der Waals surface area contributed by atoms with E-state index in [0.29, 0.717) is 23.4 Å². The van der Waals surface area contributed by atoms with Gasteiger partial charge in [0.1, 0.15) is 23.5 Å². The third-order valence-electron chi connectivity index (χ3n) is 9.31. The average molecular weight is 644 g/mol. The van der Waals surface area contributed by atoms with Gasteiger partial charge in [0.05, 0.1) is 13.0 Å². The normalized spacial score (nSPS) is 19.0. The molecule has 11 nitrogen and oxygen atoms in total. The maximum Gasteiger partial charge on any atom is 0.289 e. The van der Waals surface area contributed by atoms with E-state index in [-0.39, 0.29) is 36.5 Å². The number of hydrogen-bond acceptors (Lipinski definition) is 6. The number of anilines is 1. The number of hydrogen-bond donors (Lipinski definition) is 3. The van der Waals surface area contributed by atoms with Crippen LogP contribution in [-0.2, 0) is 19.2 Å². The quantitative estimate of drug-likeness (QED) is 0.262. The number of carbonyl (C=O) groups is 5. The summed E-state index contributed by atoms with van der Waals surface area (Å²) in [4.78, 5) is 74.6. The number of nitrogens with one attached hydrogen (secondary N) is 3. The number of amides is 4. The van der Waals surface area contributed by atoms with Crippen LogP contribution < -0.4 is 15.4 Å². The Morgan fingerprint density at radius 2 is 1.72 bits per heavy atom. The SMILES string of the molecule is COc1cccc2[nH]c(C(=O)N(C)C(CC(C)C)C(=O)N3CC(C(=O)Nc4ccccc4)CC3C(=O)C(=O)NC3CCCCC3)cc12. The Morgan fingerprint density at radius 3 is 2.40 bits per heavy atom. The Kier molecular flexibility index (Phi) is 10.6. The Balaban J connectivity index is 1.41. The van der Waals surface area contributed by atoms with E-state index in [0.717, 1.165) is 37.5 Å². The molecule has 1 saturated carbocycles. The van der Waals surface area contributed by atoms with Crippen LogP contribution in [0.4, 0.5) is 5.69 Å². The third kappa shape index (κ3) is 7.66. The van der Waals surface area contributed by atoms with E-state index in [4.69, 9.17) is 4.74 Å². The Morgan fingerprint density at radius 1 is 1.00 bits per heavy atom. The molecule has 2 fully saturated rings. The summed E-state index contributed by atoms with van der Waals surface area (Å²) < 4.78 is 5.45. The molecular formula is C36H45N5O6. The molecule has 47 heavy (non-hydrogen) atoms. The number of nitrogens with zero attached hydrogens (tertiary/aromatic N) is 2. The standard InChI is InChI=1S/C36H45N5O6/c1-22(2)18-30(40(3)35(45)28-20-26-27(39-28)16-11-17-31(26)47-4)36(46)41-21-23(33(43)37-24-12-7-5-8-13-24)19-29(41)32(42)34(44)38-25-14-9-6-10-15-25/h5,7-8,11-13,16-17,20,22-23,25,29-30,39H,6,9-10,14-15,18-19,21H2,1-4H3,(H,37,43)(H,38,44). The average Bonchev–Trinajstić information content (AvgIpc) is 3.72. The molecule has 3 aromatic rings. The first kappa shape index (κ1) is 33.7. The maximum absolute atomic E-state index is 14.5. The lowest BCUT2D eigenvalue weighted by Crippen LogP contribution is -2.55. The second kappa shape index (κ2) is 14.8. The van der Waals surface area contributed by atoms with Crippen molar-refractivity contribution in [3.8, 4) is 5.75 Å². The van der Waals surface area contributed by atoms with E-state index >= 15 is 0 Å². The van der Waals surface area contributed by atoms with E-state index in [2.05, 4.69) is 15.6 Å². The highest BCUT2D eigenvalue weighted by molar-refractivity contribution is 6.38. The van der Waals surface area contributed by atoms with Crippen LogP contribution in [0.25, 0.3) is 10.9 Å². The lowest BCUT2D eigenvalue weighted by atomic mass is 9.95. The first-order chi connectivity index (χ1) is 22.6. The van der Waals surface area contributed by atoms with E-state index in [1.807, 2.05) is 32.0 Å². The molecule has 250 valence electrons. The number of ether oxygens (including phenoxy) is 1. The molecule has 0 radical (unpaired) electrons. The number of aromatic nitrogens is 1. The van der Waals surface area contributed by atoms with Gasteiger partial charge in [-0.1, -0.05) is 57.4 Å². The Labute approximate surface area is 275 Å². The van der Waals surface area contributed by atoms with Gasteiger partial charge in [-0.2, -0.15) is 0 Å². The van der Waals surface area contributed by atoms with Crippen molar-refractivity contribution < 1.29 is 28.7 Å². The van der Waals surface area contributed by atoms with Crippen molar-refractivity contribution >= 4 is 46.0 Å². The van der Waals surface area contributed by atoms with Gasteiger partial charge in [-0.15, -0.1) is 0 Å². The summed E-state index contributed by atoms with van der Waals surface area (Å²) in [5.41, 5.74) is 1.60. The van der Waals surface area contributed by atoms with Crippen molar-refractivity contribution in [2.24, 2.45) is 11.8 Å². The zero-order chi connectivity index (χ0) is 33.7. The molecule has 1 saturated heterocycles. The van der Waals surface area contributed by atoms with Gasteiger partial charge in [0, 0.05) is 36.2 Å². The number of para-hydroxylation sites is 1. The van der Waals surface area contributed by atoms with Gasteiger partial charge in [-0.3, -0.25) is 24.0 Å². The molecule has 1 aliphatic heterocycles. The first-order valence-electron chi connectivity index (χ1n) is 16.5. The molecule has 2 heterocycles. The first-order valence-corrected chi connectivity index (χ1v) is 16.5. The molecule has 4 amide bonds. The Bertz CT molecular complexity index is 1610. The summed E-state index contributed by atoms with van der Waals surface area (Å²) in [5, 5.41) is 6.49. The highest BCUT2D eigenvalue weighted by Gasteiger charge is 2.47. The number of H-pyrrole nitrogens is 1. The minimum Gasteiger partial charge on any atom is -0.496 e. The molecular weight excluding hydrogens is 598 g/mol. The molecule has 2 aromatic carbocycles. The minimum absolute atomic E-state index is 0.00913. The van der Waals surface area contributed by atoms with Crippen LogP contribution in [-0.4, -0.2) is 83.0 Å². The summed E-state index contributed by atoms with van der Waals surface area (Å²) in [5.74, 6) is -2.78. The summed E-state index contributed by atoms with van der Waals surface area (Å²) in [7, 11) is 3.13. The van der Waals surface area contributed by atoms with Crippen LogP contribution in [0.5, 0.6) is 5.75 Å². The van der Waals surface area contributed by atoms with Crippen LogP contribution in [0.3, 0.4) is 0 Å². The predicted octanol–water partition coefficient (Wildman–Crippen LogP) is 4.54. The molecule has 0 bridgehead atoms. The maximum atomic E-state index is 14.5. The van der Waals surface area contributed by atoms with E-state index < -0.39 is 41.5 Å². The fourth-order valence-corrected chi connectivity index (χ4v) is 6.75. The number of Topliss-reactive ketones (excluding diaryl/α,β-unsaturated/α-hetero) is 1. The molecule has 11 heteroatoms. The van der Waals surface area contributed by atoms with Crippen LogP contribution in [0.1, 0.15) is 69.3 Å². The topological polar surface area (TPSA) is 141 Å². The monoisotopic (exact) mass is 643 g/mol. The fourth-order valence-electron chi connectivity index (χ4n) is 6.75. The number of likely N-dealkylation sites (tertiary alicyclic amines) is 1. The molecule has 2 aliphatic rings. The largest absolute Gasteiger partial charge is 0.496 e. The number of carbonyl (C=O) groups excluding carboxylic acids is 5. The number of benzene rings is 2. The molecule has 5 rings (SSSR count). The number of methoxy groups -OCH3 is 1. The number of rotatable bonds is 11. The molecule has 0 spiro atoms. The Hall–Kier alpha value is -4.67. The molecule has 1 aromatic heterocycles. The zero-order valence-electron chi connectivity index (χ0n) is 27.6. The second-order valence-electron chi connectivity index (χ2n) is 13.1. The van der Waals surface area contributed by atoms with Gasteiger partial charge < -0.3 is 30.2 Å². The number of fused-ring (bicyclic) bond motifs is 1. The van der Waals surface area contributed by atoms with Crippen molar-refractivity contribution in [1.29, 1.82) is 0 Å². The second-order valence-corrected chi connectivity index (χ2v) is 13.1. The molecule has 1 aliphatic carbocycles. The van der Waals surface area contributed by atoms with Crippen molar-refractivity contribution in [3.05, 3.63) is 60.3 Å². The molecule has 3 unspecified atom stereocenters. The van der Waals surface area contributed by atoms with Gasteiger partial charge in [0.25, 0.3) is 11.8 Å². The third-order valence-corrected chi connectivity index (χ3v) is 9.31. The summed E-state index contributed by atoms with van der Waals surface area (Å²) >= 11 is 0. The molecule has 3 atom stereocenters. The van der Waals surface area contributed by atoms with Crippen LogP contribution in [0.2, 0.25) is 0 Å². The van der Waals surface area contributed by atoms with E-state index in [9.17, 15) is 24.0 Å². The van der Waals surface area contributed by atoms with Gasteiger partial charge in [-0.05, 0) is 61.9 Å². The summed E-state index contributed by atoms with van der Waals surface area (Å²) in [6.07, 6.45) is 4.99. The van der Waals surface area contributed by atoms with Crippen molar-refractivity contribution in [2.75, 3.05) is 26.0 Å². The van der Waals surface area contributed by atoms with E-state index in [1.54, 1.807) is 50.6 Å². The zero-order valence-corrected chi connectivity index (χ0v) is 27.6. The lowest BCUT2D eigenvalue weighted by molar-refractivity contribution is -0.146. The summed E-state index contributed by atoms with van der Waals surface area (Å²) in [6, 6.07) is 14.0. The van der Waals surface area contributed by atoms with Gasteiger partial charge in [0.2, 0.25) is 17.6 Å². The fraction of sp³-hybridized carbons (Fsp3) is 0.472. The number of ketones is 1. The predicted molar refractivity (Wildman–Crippen MR) is 179 cm³/mol. The highest BCUT2D eigenvalue weighted by atomic mass is 16.5. The number of likely N-dealkylation sites (N-methyl/N-ethyl adjacent to an activating group) is 1. The highest BCUT2D eigenvalue weighted by Crippen LogP contribution is 2.30. The van der Waals surface area contributed by atoms with Gasteiger partial charge >= 0.3 is 0 Å². The number of aromatic amines is 1. The van der Waals surface area contributed by atoms with Crippen molar-refractivity contribution in [3.63, 3.8) is 0 Å². The van der Waals surface area contributed by atoms with Crippen molar-refractivity contribution in [2.45, 2.75) is 76.9 Å². The van der Waals surface area contributed by atoms with Crippen molar-refractivity contribution in [1.82, 2.24) is 20.1 Å². The van der Waals surface area contributed by atoms with Gasteiger partial charge in [0.15, 0.2) is 0 Å². The lowest BCUT2D eigenvalue weighted by Gasteiger charge is -2.34.